The summed E-state index contributed by atoms with van der Waals surface area (Å²) < 4.78 is 6.44. The molecule has 0 spiro atoms. The van der Waals surface area contributed by atoms with Crippen LogP contribution in [0.1, 0.15) is 31.9 Å². The third-order valence-electron chi connectivity index (χ3n) is 2.28. The molecule has 2 nitrogen and oxygen atoms in total. The fraction of sp³-hybridized carbons (Fsp3) is 0.538. The Kier molecular flexibility index (Phi) is 5.29. The van der Waals surface area contributed by atoms with Crippen molar-refractivity contribution in [3.63, 3.8) is 0 Å². The van der Waals surface area contributed by atoms with Crippen LogP contribution in [0.2, 0.25) is 0 Å². The van der Waals surface area contributed by atoms with Gasteiger partial charge in [-0.05, 0) is 52.9 Å². The van der Waals surface area contributed by atoms with Crippen molar-refractivity contribution in [2.24, 2.45) is 5.92 Å². The molecule has 0 aromatic heterocycles. The minimum Gasteiger partial charge on any atom is -0.492 e. The molecular weight excluding hydrogens is 268 g/mol. The summed E-state index contributed by atoms with van der Waals surface area (Å²) in [4.78, 5) is 0. The summed E-state index contributed by atoms with van der Waals surface area (Å²) in [6, 6.07) is 4.10. The van der Waals surface area contributed by atoms with Gasteiger partial charge in [0.05, 0.1) is 17.7 Å². The maximum absolute atomic E-state index is 9.33. The number of aliphatic hydroxyl groups excluding tert-OH is 1. The van der Waals surface area contributed by atoms with Crippen LogP contribution in [0.4, 0.5) is 0 Å². The highest BCUT2D eigenvalue weighted by atomic mass is 79.9. The van der Waals surface area contributed by atoms with Crippen LogP contribution in [0.15, 0.2) is 16.6 Å². The molecule has 1 aromatic carbocycles. The van der Waals surface area contributed by atoms with Gasteiger partial charge in [-0.3, -0.25) is 0 Å². The quantitative estimate of drug-likeness (QED) is 0.897. The van der Waals surface area contributed by atoms with Gasteiger partial charge in [-0.15, -0.1) is 0 Å². The fourth-order valence-corrected chi connectivity index (χ4v) is 2.39. The van der Waals surface area contributed by atoms with Crippen LogP contribution >= 0.6 is 15.9 Å². The monoisotopic (exact) mass is 286 g/mol. The molecule has 3 heteroatoms. The Hall–Kier alpha value is -0.540. The first-order valence-corrected chi connectivity index (χ1v) is 6.42. The number of rotatable bonds is 5. The Morgan fingerprint density at radius 3 is 2.56 bits per heavy atom. The van der Waals surface area contributed by atoms with Crippen LogP contribution in [0.25, 0.3) is 0 Å². The van der Waals surface area contributed by atoms with Gasteiger partial charge in [-0.25, -0.2) is 0 Å². The first-order valence-electron chi connectivity index (χ1n) is 5.63. The van der Waals surface area contributed by atoms with Crippen LogP contribution < -0.4 is 4.74 Å². The average molecular weight is 287 g/mol. The molecular formula is C13H19BrO2. The second kappa shape index (κ2) is 6.26. The molecule has 0 saturated carbocycles. The van der Waals surface area contributed by atoms with Crippen LogP contribution in [0.5, 0.6) is 5.75 Å². The Bertz CT molecular complexity index is 348. The highest BCUT2D eigenvalue weighted by Gasteiger charge is 2.10. The van der Waals surface area contributed by atoms with Crippen molar-refractivity contribution in [2.45, 2.75) is 33.8 Å². The molecule has 0 aliphatic heterocycles. The number of benzene rings is 1. The molecule has 0 atom stereocenters. The summed E-state index contributed by atoms with van der Waals surface area (Å²) in [5.74, 6) is 1.37. The number of aliphatic hydroxyl groups is 1. The van der Waals surface area contributed by atoms with Gasteiger partial charge >= 0.3 is 0 Å². The summed E-state index contributed by atoms with van der Waals surface area (Å²) in [7, 11) is 0. The summed E-state index contributed by atoms with van der Waals surface area (Å²) in [6.45, 7) is 6.93. The van der Waals surface area contributed by atoms with Crippen molar-refractivity contribution in [1.29, 1.82) is 0 Å². The van der Waals surface area contributed by atoms with E-state index >= 15 is 0 Å². The summed E-state index contributed by atoms with van der Waals surface area (Å²) in [5.41, 5.74) is 2.08. The van der Waals surface area contributed by atoms with E-state index in [0.717, 1.165) is 22.2 Å². The van der Waals surface area contributed by atoms with Crippen LogP contribution in [-0.4, -0.2) is 11.7 Å². The Labute approximate surface area is 106 Å². The zero-order valence-electron chi connectivity index (χ0n) is 10.1. The second-order valence-corrected chi connectivity index (χ2v) is 5.11. The van der Waals surface area contributed by atoms with Gasteiger partial charge in [-0.2, -0.15) is 0 Å². The molecule has 0 aliphatic carbocycles. The van der Waals surface area contributed by atoms with E-state index in [1.165, 1.54) is 5.56 Å². The minimum atomic E-state index is 0.0138. The largest absolute Gasteiger partial charge is 0.492 e. The molecule has 0 fully saturated rings. The lowest BCUT2D eigenvalue weighted by atomic mass is 10.0. The third kappa shape index (κ3) is 3.49. The van der Waals surface area contributed by atoms with E-state index in [-0.39, 0.29) is 6.61 Å². The van der Waals surface area contributed by atoms with E-state index in [2.05, 4.69) is 35.8 Å². The zero-order valence-corrected chi connectivity index (χ0v) is 11.7. The van der Waals surface area contributed by atoms with Gasteiger partial charge in [0, 0.05) is 5.56 Å². The van der Waals surface area contributed by atoms with Crippen molar-refractivity contribution in [1.82, 2.24) is 0 Å². The van der Waals surface area contributed by atoms with Crippen LogP contribution in [0, 0.1) is 5.92 Å². The molecule has 0 radical (unpaired) electrons. The lowest BCUT2D eigenvalue weighted by Crippen LogP contribution is -2.01. The molecule has 16 heavy (non-hydrogen) atoms. The lowest BCUT2D eigenvalue weighted by molar-refractivity contribution is 0.266. The standard InChI is InChI=1S/C13H19BrO2/c1-4-16-13-11(8-15)6-10(5-9(2)3)7-12(13)14/h6-7,9,15H,4-5,8H2,1-3H3. The van der Waals surface area contributed by atoms with E-state index < -0.39 is 0 Å². The molecule has 0 amide bonds. The second-order valence-electron chi connectivity index (χ2n) is 4.25. The predicted octanol–water partition coefficient (Wildman–Crippen LogP) is 3.54. The molecule has 1 aromatic rings. The van der Waals surface area contributed by atoms with Crippen molar-refractivity contribution in [3.8, 4) is 5.75 Å². The first kappa shape index (κ1) is 13.5. The van der Waals surface area contributed by atoms with Gasteiger partial charge in [0.2, 0.25) is 0 Å². The maximum atomic E-state index is 9.33. The van der Waals surface area contributed by atoms with Crippen molar-refractivity contribution in [2.75, 3.05) is 6.61 Å². The highest BCUT2D eigenvalue weighted by Crippen LogP contribution is 2.31. The van der Waals surface area contributed by atoms with Crippen LogP contribution in [0.3, 0.4) is 0 Å². The van der Waals surface area contributed by atoms with Gasteiger partial charge in [0.15, 0.2) is 0 Å². The predicted molar refractivity (Wildman–Crippen MR) is 69.8 cm³/mol. The van der Waals surface area contributed by atoms with E-state index in [9.17, 15) is 5.11 Å². The molecule has 0 aliphatic rings. The molecule has 1 N–H and O–H groups in total. The topological polar surface area (TPSA) is 29.5 Å². The summed E-state index contributed by atoms with van der Waals surface area (Å²) in [5, 5.41) is 9.33. The Morgan fingerprint density at radius 1 is 1.38 bits per heavy atom. The summed E-state index contributed by atoms with van der Waals surface area (Å²) in [6.07, 6.45) is 1.01. The first-order chi connectivity index (χ1) is 7.58. The number of hydrogen-bond acceptors (Lipinski definition) is 2. The number of ether oxygens (including phenoxy) is 1. The van der Waals surface area contributed by atoms with Gasteiger partial charge < -0.3 is 9.84 Å². The van der Waals surface area contributed by atoms with E-state index in [4.69, 9.17) is 4.74 Å². The summed E-state index contributed by atoms with van der Waals surface area (Å²) >= 11 is 3.49. The SMILES string of the molecule is CCOc1c(Br)cc(CC(C)C)cc1CO. The molecule has 0 saturated heterocycles. The fourth-order valence-electron chi connectivity index (χ4n) is 1.73. The zero-order chi connectivity index (χ0) is 12.1. The highest BCUT2D eigenvalue weighted by molar-refractivity contribution is 9.10. The Balaban J connectivity index is 3.05. The van der Waals surface area contributed by atoms with Gasteiger partial charge in [-0.1, -0.05) is 13.8 Å². The van der Waals surface area contributed by atoms with Crippen molar-refractivity contribution < 1.29 is 9.84 Å². The number of halogens is 1. The normalized spacial score (nSPS) is 10.9. The Morgan fingerprint density at radius 2 is 2.06 bits per heavy atom. The van der Waals surface area contributed by atoms with E-state index in [1.54, 1.807) is 0 Å². The third-order valence-corrected chi connectivity index (χ3v) is 2.87. The lowest BCUT2D eigenvalue weighted by Gasteiger charge is -2.14. The van der Waals surface area contributed by atoms with Crippen molar-refractivity contribution >= 4 is 15.9 Å². The molecule has 0 unspecified atom stereocenters. The molecule has 90 valence electrons. The van der Waals surface area contributed by atoms with E-state index in [0.29, 0.717) is 12.5 Å². The van der Waals surface area contributed by atoms with Gasteiger partial charge in [0.25, 0.3) is 0 Å². The van der Waals surface area contributed by atoms with Crippen molar-refractivity contribution in [3.05, 3.63) is 27.7 Å². The van der Waals surface area contributed by atoms with Gasteiger partial charge in [0.1, 0.15) is 5.75 Å². The molecule has 1 rings (SSSR count). The maximum Gasteiger partial charge on any atom is 0.138 e. The number of hydrogen-bond donors (Lipinski definition) is 1. The smallest absolute Gasteiger partial charge is 0.138 e. The molecule has 0 heterocycles. The minimum absolute atomic E-state index is 0.0138. The molecule has 0 bridgehead atoms. The average Bonchev–Trinajstić information content (AvgIpc) is 2.20. The van der Waals surface area contributed by atoms with Crippen LogP contribution in [-0.2, 0) is 13.0 Å². The van der Waals surface area contributed by atoms with E-state index in [1.807, 2.05) is 13.0 Å².